The Balaban J connectivity index is 1.86. The lowest BCUT2D eigenvalue weighted by Gasteiger charge is -2.10. The molecule has 0 aliphatic rings. The normalized spacial score (nSPS) is 10.3. The van der Waals surface area contributed by atoms with E-state index in [2.05, 4.69) is 22.2 Å². The Bertz CT molecular complexity index is 577. The summed E-state index contributed by atoms with van der Waals surface area (Å²) in [5.41, 5.74) is 0.594. The van der Waals surface area contributed by atoms with Crippen LogP contribution in [0.5, 0.6) is 0 Å². The second kappa shape index (κ2) is 6.47. The molecule has 0 saturated heterocycles. The summed E-state index contributed by atoms with van der Waals surface area (Å²) < 4.78 is 0. The Hall–Kier alpha value is -1.95. The van der Waals surface area contributed by atoms with Crippen molar-refractivity contribution in [3.63, 3.8) is 0 Å². The molecule has 0 fully saturated rings. The Morgan fingerprint density at radius 2 is 2.10 bits per heavy atom. The van der Waals surface area contributed by atoms with E-state index < -0.39 is 0 Å². The van der Waals surface area contributed by atoms with E-state index in [0.717, 1.165) is 23.8 Å². The first-order valence-electron chi connectivity index (χ1n) is 6.39. The van der Waals surface area contributed by atoms with E-state index in [9.17, 15) is 4.79 Å². The summed E-state index contributed by atoms with van der Waals surface area (Å²) in [4.78, 5) is 23.0. The Labute approximate surface area is 122 Å². The Morgan fingerprint density at radius 3 is 2.65 bits per heavy atom. The van der Waals surface area contributed by atoms with Gasteiger partial charge < -0.3 is 10.2 Å². The third kappa shape index (κ3) is 3.77. The molecule has 106 valence electrons. The molecule has 0 aliphatic heterocycles. The van der Waals surface area contributed by atoms with E-state index in [-0.39, 0.29) is 5.91 Å². The second-order valence-electron chi connectivity index (χ2n) is 4.67. The van der Waals surface area contributed by atoms with Crippen molar-refractivity contribution < 1.29 is 4.79 Å². The lowest BCUT2D eigenvalue weighted by atomic mass is 10.2. The molecular formula is C14H18N4OS. The van der Waals surface area contributed by atoms with E-state index in [1.54, 1.807) is 37.7 Å². The summed E-state index contributed by atoms with van der Waals surface area (Å²) in [5.74, 6) is 0.732. The number of aryl methyl sites for hydroxylation is 1. The highest BCUT2D eigenvalue weighted by Gasteiger charge is 2.07. The van der Waals surface area contributed by atoms with Crippen LogP contribution < -0.4 is 5.32 Å². The van der Waals surface area contributed by atoms with E-state index >= 15 is 0 Å². The third-order valence-corrected chi connectivity index (χ3v) is 3.70. The van der Waals surface area contributed by atoms with Gasteiger partial charge in [-0.25, -0.2) is 9.97 Å². The zero-order chi connectivity index (χ0) is 14.5. The zero-order valence-electron chi connectivity index (χ0n) is 11.9. The average molecular weight is 290 g/mol. The molecule has 0 spiro atoms. The van der Waals surface area contributed by atoms with Crippen molar-refractivity contribution in [2.45, 2.75) is 13.3 Å². The summed E-state index contributed by atoms with van der Waals surface area (Å²) >= 11 is 1.71. The number of rotatable bonds is 5. The Morgan fingerprint density at radius 1 is 1.30 bits per heavy atom. The molecule has 2 aromatic rings. The lowest BCUT2D eigenvalue weighted by Crippen LogP contribution is -2.21. The van der Waals surface area contributed by atoms with Gasteiger partial charge in [-0.1, -0.05) is 0 Å². The molecule has 0 saturated carbocycles. The van der Waals surface area contributed by atoms with Crippen LogP contribution in [0, 0.1) is 6.92 Å². The fourth-order valence-electron chi connectivity index (χ4n) is 1.70. The summed E-state index contributed by atoms with van der Waals surface area (Å²) in [7, 11) is 3.45. The predicted molar refractivity (Wildman–Crippen MR) is 81.3 cm³/mol. The van der Waals surface area contributed by atoms with Crippen LogP contribution in [0.2, 0.25) is 0 Å². The molecule has 6 heteroatoms. The molecule has 1 amide bonds. The number of nitrogens with zero attached hydrogens (tertiary/aromatic N) is 3. The van der Waals surface area contributed by atoms with Gasteiger partial charge in [0, 0.05) is 44.3 Å². The molecule has 2 rings (SSSR count). The molecule has 2 aromatic heterocycles. The summed E-state index contributed by atoms with van der Waals surface area (Å²) in [6.45, 7) is 2.83. The van der Waals surface area contributed by atoms with Gasteiger partial charge in [-0.05, 0) is 19.1 Å². The monoisotopic (exact) mass is 290 g/mol. The first-order valence-corrected chi connectivity index (χ1v) is 7.21. The van der Waals surface area contributed by atoms with Crippen molar-refractivity contribution in [2.24, 2.45) is 0 Å². The second-order valence-corrected chi connectivity index (χ2v) is 5.99. The van der Waals surface area contributed by atoms with Gasteiger partial charge in [0.2, 0.25) is 0 Å². The number of aromatic nitrogens is 2. The fourth-order valence-corrected chi connectivity index (χ4v) is 2.48. The van der Waals surface area contributed by atoms with Crippen LogP contribution in [0.3, 0.4) is 0 Å². The van der Waals surface area contributed by atoms with Crippen molar-refractivity contribution >= 4 is 23.1 Å². The topological polar surface area (TPSA) is 58.1 Å². The number of pyridine rings is 1. The summed E-state index contributed by atoms with van der Waals surface area (Å²) in [6.07, 6.45) is 4.36. The number of thiazole rings is 1. The van der Waals surface area contributed by atoms with Crippen LogP contribution in [-0.2, 0) is 6.42 Å². The average Bonchev–Trinajstić information content (AvgIpc) is 2.84. The Kier molecular flexibility index (Phi) is 4.68. The molecule has 0 aliphatic carbocycles. The number of hydrogen-bond acceptors (Lipinski definition) is 5. The highest BCUT2D eigenvalue weighted by molar-refractivity contribution is 7.11. The number of nitrogens with one attached hydrogen (secondary N) is 1. The minimum absolute atomic E-state index is 0.0395. The molecule has 5 nitrogen and oxygen atoms in total. The lowest BCUT2D eigenvalue weighted by molar-refractivity contribution is 0.0827. The van der Waals surface area contributed by atoms with Gasteiger partial charge in [0.15, 0.2) is 0 Å². The molecule has 20 heavy (non-hydrogen) atoms. The van der Waals surface area contributed by atoms with Crippen LogP contribution in [0.15, 0.2) is 24.5 Å². The molecule has 0 atom stereocenters. The SMILES string of the molecule is Cc1cnc(CCNc2ccc(C(=O)N(C)C)cn2)s1. The highest BCUT2D eigenvalue weighted by atomic mass is 32.1. The number of hydrogen-bond donors (Lipinski definition) is 1. The highest BCUT2D eigenvalue weighted by Crippen LogP contribution is 2.12. The molecular weight excluding hydrogens is 272 g/mol. The number of carbonyl (C=O) groups excluding carboxylic acids is 1. The fraction of sp³-hybridized carbons (Fsp3) is 0.357. The van der Waals surface area contributed by atoms with Gasteiger partial charge in [0.05, 0.1) is 10.6 Å². The van der Waals surface area contributed by atoms with Crippen molar-refractivity contribution in [1.82, 2.24) is 14.9 Å². The van der Waals surface area contributed by atoms with E-state index in [1.165, 1.54) is 9.78 Å². The number of carbonyl (C=O) groups is 1. The van der Waals surface area contributed by atoms with Crippen molar-refractivity contribution in [3.8, 4) is 0 Å². The van der Waals surface area contributed by atoms with Crippen LogP contribution in [-0.4, -0.2) is 41.4 Å². The maximum atomic E-state index is 11.7. The quantitative estimate of drug-likeness (QED) is 0.917. The van der Waals surface area contributed by atoms with Gasteiger partial charge in [0.25, 0.3) is 5.91 Å². The molecule has 0 radical (unpaired) electrons. The minimum atomic E-state index is -0.0395. The van der Waals surface area contributed by atoms with Crippen LogP contribution >= 0.6 is 11.3 Å². The first-order chi connectivity index (χ1) is 9.56. The number of anilines is 1. The van der Waals surface area contributed by atoms with Crippen LogP contribution in [0.25, 0.3) is 0 Å². The summed E-state index contributed by atoms with van der Waals surface area (Å²) in [5, 5.41) is 4.35. The van der Waals surface area contributed by atoms with Crippen molar-refractivity contribution in [2.75, 3.05) is 26.0 Å². The number of amides is 1. The van der Waals surface area contributed by atoms with Crippen molar-refractivity contribution in [3.05, 3.63) is 40.0 Å². The standard InChI is InChI=1S/C14H18N4OS/c1-10-8-17-13(20-10)6-7-15-12-5-4-11(9-16-12)14(19)18(2)3/h4-5,8-9H,6-7H2,1-3H3,(H,15,16). The molecule has 0 bridgehead atoms. The van der Waals surface area contributed by atoms with Crippen molar-refractivity contribution in [1.29, 1.82) is 0 Å². The van der Waals surface area contributed by atoms with Gasteiger partial charge in [-0.15, -0.1) is 11.3 Å². The maximum Gasteiger partial charge on any atom is 0.254 e. The van der Waals surface area contributed by atoms with Gasteiger partial charge >= 0.3 is 0 Å². The molecule has 2 heterocycles. The molecule has 0 aromatic carbocycles. The smallest absolute Gasteiger partial charge is 0.254 e. The molecule has 1 N–H and O–H groups in total. The first kappa shape index (κ1) is 14.5. The van der Waals surface area contributed by atoms with Gasteiger partial charge in [-0.3, -0.25) is 4.79 Å². The van der Waals surface area contributed by atoms with Crippen LogP contribution in [0.1, 0.15) is 20.2 Å². The van der Waals surface area contributed by atoms with Crippen LogP contribution in [0.4, 0.5) is 5.82 Å². The third-order valence-electron chi connectivity index (χ3n) is 2.73. The maximum absolute atomic E-state index is 11.7. The summed E-state index contributed by atoms with van der Waals surface area (Å²) in [6, 6.07) is 3.61. The zero-order valence-corrected chi connectivity index (χ0v) is 12.7. The predicted octanol–water partition coefficient (Wildman–Crippen LogP) is 2.20. The van der Waals surface area contributed by atoms with Gasteiger partial charge in [-0.2, -0.15) is 0 Å². The minimum Gasteiger partial charge on any atom is -0.370 e. The van der Waals surface area contributed by atoms with E-state index in [1.807, 2.05) is 12.3 Å². The largest absolute Gasteiger partial charge is 0.370 e. The van der Waals surface area contributed by atoms with Gasteiger partial charge in [0.1, 0.15) is 5.82 Å². The van der Waals surface area contributed by atoms with E-state index in [4.69, 9.17) is 0 Å². The van der Waals surface area contributed by atoms with E-state index in [0.29, 0.717) is 5.56 Å². The molecule has 0 unspecified atom stereocenters.